The lowest BCUT2D eigenvalue weighted by Crippen LogP contribution is -2.55. The molecule has 3 aliphatic heterocycles. The number of benzene rings is 1. The van der Waals surface area contributed by atoms with Crippen LogP contribution in [0.2, 0.25) is 0 Å². The number of hydrogen-bond donors (Lipinski definition) is 0. The average molecular weight is 381 g/mol. The Hall–Kier alpha value is -2.87. The first-order valence-corrected chi connectivity index (χ1v) is 9.64. The summed E-state index contributed by atoms with van der Waals surface area (Å²) in [4.78, 5) is 30.2. The van der Waals surface area contributed by atoms with Crippen LogP contribution in [0, 0.1) is 0 Å². The van der Waals surface area contributed by atoms with Crippen LogP contribution >= 0.6 is 0 Å². The van der Waals surface area contributed by atoms with E-state index in [2.05, 4.69) is 11.2 Å². The van der Waals surface area contributed by atoms with Gasteiger partial charge in [0.05, 0.1) is 24.5 Å². The van der Waals surface area contributed by atoms with Crippen molar-refractivity contribution in [1.29, 1.82) is 0 Å². The van der Waals surface area contributed by atoms with Crippen LogP contribution in [0.3, 0.4) is 0 Å². The third-order valence-corrected chi connectivity index (χ3v) is 5.90. The molecular formula is C20H23N5O3. The fourth-order valence-corrected chi connectivity index (χ4v) is 4.07. The molecule has 2 fully saturated rings. The van der Waals surface area contributed by atoms with Crippen LogP contribution in [-0.4, -0.2) is 70.8 Å². The quantitative estimate of drug-likeness (QED) is 0.803. The molecule has 2 saturated heterocycles. The molecule has 1 atom stereocenters. The number of urea groups is 1. The third kappa shape index (κ3) is 2.84. The number of likely N-dealkylation sites (tertiary alicyclic amines) is 1. The highest BCUT2D eigenvalue weighted by Gasteiger charge is 2.38. The standard InChI is InChI=1S/C20H23N5O3/c1-22-6-7-24(20(22)27)16-9-21-25(12-16)17-10-23(11-17)19(26)18-8-14-4-2-3-5-15(14)13-28-18/h2-5,9,12,17-18H,6-8,10-11,13H2,1H3. The molecule has 8 nitrogen and oxygen atoms in total. The number of anilines is 1. The molecule has 3 aliphatic rings. The zero-order valence-corrected chi connectivity index (χ0v) is 15.8. The van der Waals surface area contributed by atoms with Crippen molar-refractivity contribution in [2.45, 2.75) is 25.2 Å². The van der Waals surface area contributed by atoms with Crippen molar-refractivity contribution in [2.75, 3.05) is 38.1 Å². The molecule has 0 N–H and O–H groups in total. The molecule has 1 aromatic carbocycles. The molecule has 28 heavy (non-hydrogen) atoms. The fourth-order valence-electron chi connectivity index (χ4n) is 4.07. The first-order chi connectivity index (χ1) is 13.6. The maximum Gasteiger partial charge on any atom is 0.324 e. The first-order valence-electron chi connectivity index (χ1n) is 9.64. The van der Waals surface area contributed by atoms with Crippen molar-refractivity contribution in [1.82, 2.24) is 19.6 Å². The van der Waals surface area contributed by atoms with Gasteiger partial charge in [-0.25, -0.2) is 4.79 Å². The van der Waals surface area contributed by atoms with Gasteiger partial charge in [-0.15, -0.1) is 0 Å². The van der Waals surface area contributed by atoms with Crippen LogP contribution in [0.15, 0.2) is 36.7 Å². The van der Waals surface area contributed by atoms with E-state index < -0.39 is 6.10 Å². The lowest BCUT2D eigenvalue weighted by atomic mass is 9.97. The van der Waals surface area contributed by atoms with E-state index in [0.717, 1.165) is 12.2 Å². The molecule has 0 bridgehead atoms. The Labute approximate surface area is 163 Å². The van der Waals surface area contributed by atoms with Crippen LogP contribution in [-0.2, 0) is 22.6 Å². The van der Waals surface area contributed by atoms with E-state index in [4.69, 9.17) is 4.74 Å². The average Bonchev–Trinajstić information content (AvgIpc) is 3.27. The van der Waals surface area contributed by atoms with E-state index in [-0.39, 0.29) is 18.0 Å². The predicted octanol–water partition coefficient (Wildman–Crippen LogP) is 1.28. The van der Waals surface area contributed by atoms with Crippen molar-refractivity contribution >= 4 is 17.6 Å². The summed E-state index contributed by atoms with van der Waals surface area (Å²) >= 11 is 0. The van der Waals surface area contributed by atoms with E-state index in [9.17, 15) is 9.59 Å². The van der Waals surface area contributed by atoms with Gasteiger partial charge in [-0.05, 0) is 11.1 Å². The van der Waals surface area contributed by atoms with E-state index in [0.29, 0.717) is 32.7 Å². The molecular weight excluding hydrogens is 358 g/mol. The monoisotopic (exact) mass is 381 g/mol. The number of aromatic nitrogens is 2. The summed E-state index contributed by atoms with van der Waals surface area (Å²) in [5, 5.41) is 4.41. The second-order valence-electron chi connectivity index (χ2n) is 7.70. The zero-order valence-electron chi connectivity index (χ0n) is 15.8. The van der Waals surface area contributed by atoms with Gasteiger partial charge in [0, 0.05) is 45.8 Å². The number of carbonyl (C=O) groups is 2. The number of amides is 3. The molecule has 5 rings (SSSR count). The SMILES string of the molecule is CN1CCN(c2cnn(C3CN(C(=O)C4Cc5ccccc5CO4)C3)c2)C1=O. The van der Waals surface area contributed by atoms with Crippen molar-refractivity contribution in [2.24, 2.45) is 0 Å². The highest BCUT2D eigenvalue weighted by molar-refractivity contribution is 5.93. The van der Waals surface area contributed by atoms with E-state index >= 15 is 0 Å². The molecule has 1 unspecified atom stereocenters. The lowest BCUT2D eigenvalue weighted by molar-refractivity contribution is -0.151. The topological polar surface area (TPSA) is 70.9 Å². The predicted molar refractivity (Wildman–Crippen MR) is 102 cm³/mol. The van der Waals surface area contributed by atoms with Crippen LogP contribution in [0.25, 0.3) is 0 Å². The Morgan fingerprint density at radius 3 is 2.71 bits per heavy atom. The van der Waals surface area contributed by atoms with Crippen molar-refractivity contribution in [3.63, 3.8) is 0 Å². The van der Waals surface area contributed by atoms with Crippen LogP contribution in [0.5, 0.6) is 0 Å². The highest BCUT2D eigenvalue weighted by atomic mass is 16.5. The molecule has 0 spiro atoms. The number of rotatable bonds is 3. The number of nitrogens with zero attached hydrogens (tertiary/aromatic N) is 5. The minimum Gasteiger partial charge on any atom is -0.363 e. The van der Waals surface area contributed by atoms with Gasteiger partial charge in [0.15, 0.2) is 0 Å². The van der Waals surface area contributed by atoms with Gasteiger partial charge >= 0.3 is 6.03 Å². The second kappa shape index (κ2) is 6.63. The molecule has 0 radical (unpaired) electrons. The van der Waals surface area contributed by atoms with Gasteiger partial charge in [-0.2, -0.15) is 5.10 Å². The normalized spacial score (nSPS) is 22.4. The Bertz CT molecular complexity index is 920. The molecule has 8 heteroatoms. The summed E-state index contributed by atoms with van der Waals surface area (Å²) in [7, 11) is 1.80. The first kappa shape index (κ1) is 17.2. The number of likely N-dealkylation sites (N-methyl/N-ethyl adjacent to an activating group) is 1. The smallest absolute Gasteiger partial charge is 0.324 e. The van der Waals surface area contributed by atoms with Crippen molar-refractivity contribution in [3.8, 4) is 0 Å². The molecule has 4 heterocycles. The van der Waals surface area contributed by atoms with Gasteiger partial charge in [0.25, 0.3) is 5.91 Å². The second-order valence-corrected chi connectivity index (χ2v) is 7.70. The van der Waals surface area contributed by atoms with Gasteiger partial charge in [-0.3, -0.25) is 14.4 Å². The zero-order chi connectivity index (χ0) is 19.3. The number of hydrogen-bond acceptors (Lipinski definition) is 4. The lowest BCUT2D eigenvalue weighted by Gasteiger charge is -2.41. The number of fused-ring (bicyclic) bond motifs is 1. The molecule has 3 amide bonds. The summed E-state index contributed by atoms with van der Waals surface area (Å²) in [6.07, 6.45) is 3.86. The van der Waals surface area contributed by atoms with Crippen LogP contribution < -0.4 is 4.90 Å². The van der Waals surface area contributed by atoms with E-state index in [1.165, 1.54) is 11.1 Å². The maximum absolute atomic E-state index is 12.8. The van der Waals surface area contributed by atoms with E-state index in [1.54, 1.807) is 23.0 Å². The number of carbonyl (C=O) groups excluding carboxylic acids is 2. The minimum absolute atomic E-state index is 0.000285. The summed E-state index contributed by atoms with van der Waals surface area (Å²) in [6, 6.07) is 8.26. The van der Waals surface area contributed by atoms with Crippen LogP contribution in [0.1, 0.15) is 17.2 Å². The molecule has 1 aromatic heterocycles. The van der Waals surface area contributed by atoms with Crippen molar-refractivity contribution < 1.29 is 14.3 Å². The summed E-state index contributed by atoms with van der Waals surface area (Å²) in [5.74, 6) is 0.0504. The van der Waals surface area contributed by atoms with Gasteiger partial charge in [0.2, 0.25) is 0 Å². The van der Waals surface area contributed by atoms with Crippen LogP contribution in [0.4, 0.5) is 10.5 Å². The maximum atomic E-state index is 12.8. The molecule has 0 saturated carbocycles. The van der Waals surface area contributed by atoms with Gasteiger partial charge in [-0.1, -0.05) is 24.3 Å². The van der Waals surface area contributed by atoms with Crippen molar-refractivity contribution in [3.05, 3.63) is 47.8 Å². The highest BCUT2D eigenvalue weighted by Crippen LogP contribution is 2.28. The largest absolute Gasteiger partial charge is 0.363 e. The van der Waals surface area contributed by atoms with Gasteiger partial charge < -0.3 is 14.5 Å². The minimum atomic E-state index is -0.401. The fraction of sp³-hybridized carbons (Fsp3) is 0.450. The number of ether oxygens (including phenoxy) is 1. The molecule has 146 valence electrons. The van der Waals surface area contributed by atoms with Gasteiger partial charge in [0.1, 0.15) is 6.10 Å². The molecule has 2 aromatic rings. The Kier molecular flexibility index (Phi) is 4.08. The third-order valence-electron chi connectivity index (χ3n) is 5.90. The Morgan fingerprint density at radius 1 is 1.18 bits per heavy atom. The summed E-state index contributed by atoms with van der Waals surface area (Å²) in [6.45, 7) is 3.13. The Balaban J connectivity index is 1.19. The summed E-state index contributed by atoms with van der Waals surface area (Å²) < 4.78 is 7.66. The molecule has 0 aliphatic carbocycles. The summed E-state index contributed by atoms with van der Waals surface area (Å²) in [5.41, 5.74) is 3.17. The Morgan fingerprint density at radius 2 is 1.96 bits per heavy atom. The van der Waals surface area contributed by atoms with E-state index in [1.807, 2.05) is 34.0 Å².